The Labute approximate surface area is 122 Å². The van der Waals surface area contributed by atoms with Crippen LogP contribution >= 0.6 is 60.9 Å². The summed E-state index contributed by atoms with van der Waals surface area (Å²) in [4.78, 5) is 21.0. The number of thiol groups is 2. The number of carboxylic acids is 2. The van der Waals surface area contributed by atoms with Gasteiger partial charge in [-0.15, -0.1) is 34.1 Å². The zero-order chi connectivity index (χ0) is 13.0. The second-order valence-electron chi connectivity index (χ2n) is 2.73. The molecular formula is C6H10N2O4S5. The van der Waals surface area contributed by atoms with Crippen molar-refractivity contribution in [3.05, 3.63) is 0 Å². The second kappa shape index (κ2) is 7.26. The monoisotopic (exact) mass is 334 g/mol. The Kier molecular flexibility index (Phi) is 6.69. The average Bonchev–Trinajstić information content (AvgIpc) is 2.47. The molecule has 0 aromatic carbocycles. The SMILES string of the molecule is O=C(O)CSN1C(S)SC(S)N1SCC(=O)O. The first-order valence-corrected chi connectivity index (χ1v) is 8.07. The Morgan fingerprint density at radius 1 is 1.06 bits per heavy atom. The Bertz CT molecular complexity index is 278. The standard InChI is InChI=1S/C6H10N2O4S5/c9-3(10)1-15-7-5(13)17-6(14)8(7)16-2-4(11)12/h5-6,13-14H,1-2H2,(H,9,10)(H,11,12). The van der Waals surface area contributed by atoms with Gasteiger partial charge >= 0.3 is 11.9 Å². The minimum Gasteiger partial charge on any atom is -0.481 e. The molecule has 0 aliphatic carbocycles. The van der Waals surface area contributed by atoms with Crippen LogP contribution in [0.15, 0.2) is 0 Å². The molecule has 0 aromatic heterocycles. The lowest BCUT2D eigenvalue weighted by Gasteiger charge is -2.27. The Balaban J connectivity index is 2.55. The summed E-state index contributed by atoms with van der Waals surface area (Å²) < 4.78 is 2.74. The van der Waals surface area contributed by atoms with Crippen LogP contribution in [0.2, 0.25) is 0 Å². The number of carboxylic acid groups (broad SMARTS) is 2. The summed E-state index contributed by atoms with van der Waals surface area (Å²) in [5, 5.41) is 17.2. The first kappa shape index (κ1) is 15.7. The van der Waals surface area contributed by atoms with E-state index in [1.54, 1.807) is 8.83 Å². The van der Waals surface area contributed by atoms with Crippen molar-refractivity contribution in [2.75, 3.05) is 11.5 Å². The van der Waals surface area contributed by atoms with Crippen molar-refractivity contribution < 1.29 is 19.8 Å². The highest BCUT2D eigenvalue weighted by Gasteiger charge is 2.38. The topological polar surface area (TPSA) is 81.1 Å². The van der Waals surface area contributed by atoms with Gasteiger partial charge in [-0.1, -0.05) is 11.8 Å². The second-order valence-corrected chi connectivity index (χ2v) is 7.41. The van der Waals surface area contributed by atoms with Gasteiger partial charge < -0.3 is 10.2 Å². The summed E-state index contributed by atoms with van der Waals surface area (Å²) in [6, 6.07) is 0. The van der Waals surface area contributed by atoms with Crippen LogP contribution in [-0.2, 0) is 9.59 Å². The van der Waals surface area contributed by atoms with Crippen molar-refractivity contribution in [3.8, 4) is 0 Å². The van der Waals surface area contributed by atoms with Gasteiger partial charge in [-0.3, -0.25) is 9.59 Å². The summed E-state index contributed by atoms with van der Waals surface area (Å²) in [5.41, 5.74) is 0. The fourth-order valence-corrected chi connectivity index (χ4v) is 5.49. The Morgan fingerprint density at radius 2 is 1.41 bits per heavy atom. The molecule has 0 radical (unpaired) electrons. The molecule has 11 heteroatoms. The smallest absolute Gasteiger partial charge is 0.314 e. The molecule has 1 fully saturated rings. The number of hydrazine groups is 1. The Hall–Kier alpha value is 0.610. The van der Waals surface area contributed by atoms with Gasteiger partial charge in [0.25, 0.3) is 0 Å². The van der Waals surface area contributed by atoms with Crippen LogP contribution in [0.3, 0.4) is 0 Å². The van der Waals surface area contributed by atoms with Gasteiger partial charge in [-0.05, 0) is 23.9 Å². The van der Waals surface area contributed by atoms with Crippen LogP contribution in [0.1, 0.15) is 0 Å². The van der Waals surface area contributed by atoms with E-state index in [1.807, 2.05) is 0 Å². The molecule has 0 amide bonds. The number of thioether (sulfide) groups is 1. The zero-order valence-corrected chi connectivity index (χ0v) is 12.5. The van der Waals surface area contributed by atoms with Gasteiger partial charge in [0, 0.05) is 0 Å². The van der Waals surface area contributed by atoms with Crippen LogP contribution in [0.25, 0.3) is 0 Å². The van der Waals surface area contributed by atoms with Crippen molar-refractivity contribution in [1.82, 2.24) is 8.83 Å². The van der Waals surface area contributed by atoms with E-state index < -0.39 is 11.9 Å². The largest absolute Gasteiger partial charge is 0.481 e. The minimum atomic E-state index is -0.939. The lowest BCUT2D eigenvalue weighted by molar-refractivity contribution is -0.135. The van der Waals surface area contributed by atoms with Gasteiger partial charge in [0.05, 0.1) is 0 Å². The van der Waals surface area contributed by atoms with Crippen LogP contribution in [0, 0.1) is 0 Å². The van der Waals surface area contributed by atoms with E-state index in [0.717, 1.165) is 23.9 Å². The van der Waals surface area contributed by atoms with Crippen molar-refractivity contribution >= 4 is 72.9 Å². The van der Waals surface area contributed by atoms with Gasteiger partial charge in [0.1, 0.15) is 20.9 Å². The molecule has 1 rings (SSSR count). The maximum Gasteiger partial charge on any atom is 0.314 e. The van der Waals surface area contributed by atoms with E-state index in [2.05, 4.69) is 25.3 Å². The van der Waals surface area contributed by atoms with E-state index in [9.17, 15) is 9.59 Å². The van der Waals surface area contributed by atoms with Gasteiger partial charge in [-0.2, -0.15) is 0 Å². The van der Waals surface area contributed by atoms with Gasteiger partial charge in [-0.25, -0.2) is 0 Å². The predicted octanol–water partition coefficient (Wildman–Crippen LogP) is 1.14. The summed E-state index contributed by atoms with van der Waals surface area (Å²) in [6.45, 7) is 0. The highest BCUT2D eigenvalue weighted by atomic mass is 32.2. The highest BCUT2D eigenvalue weighted by molar-refractivity contribution is 8.18. The summed E-state index contributed by atoms with van der Waals surface area (Å²) in [6.07, 6.45) is 0. The number of aliphatic carboxylic acids is 2. The van der Waals surface area contributed by atoms with Gasteiger partial charge in [0.15, 0.2) is 0 Å². The lowest BCUT2D eigenvalue weighted by Crippen LogP contribution is -2.32. The van der Waals surface area contributed by atoms with Crippen molar-refractivity contribution in [3.63, 3.8) is 0 Å². The number of hydrogen-bond acceptors (Lipinski definition) is 9. The lowest BCUT2D eigenvalue weighted by atomic mass is 10.8. The number of nitrogens with zero attached hydrogens (tertiary/aromatic N) is 2. The summed E-state index contributed by atoms with van der Waals surface area (Å²) >= 11 is 12.1. The molecule has 0 bridgehead atoms. The quantitative estimate of drug-likeness (QED) is 0.422. The van der Waals surface area contributed by atoms with E-state index in [-0.39, 0.29) is 20.9 Å². The molecule has 1 aliphatic rings. The van der Waals surface area contributed by atoms with Crippen LogP contribution in [0.4, 0.5) is 0 Å². The molecule has 0 saturated carbocycles. The number of hydrogen-bond donors (Lipinski definition) is 4. The first-order valence-electron chi connectivity index (χ1n) is 4.21. The maximum atomic E-state index is 10.5. The van der Waals surface area contributed by atoms with Crippen molar-refractivity contribution in [2.24, 2.45) is 0 Å². The van der Waals surface area contributed by atoms with Crippen molar-refractivity contribution in [1.29, 1.82) is 0 Å². The van der Waals surface area contributed by atoms with Crippen LogP contribution in [0.5, 0.6) is 0 Å². The molecule has 2 unspecified atom stereocenters. The van der Waals surface area contributed by atoms with E-state index >= 15 is 0 Å². The molecule has 6 nitrogen and oxygen atoms in total. The van der Waals surface area contributed by atoms with Gasteiger partial charge in [0.2, 0.25) is 0 Å². The highest BCUT2D eigenvalue weighted by Crippen LogP contribution is 2.45. The third-order valence-corrected chi connectivity index (χ3v) is 6.25. The molecule has 98 valence electrons. The maximum absolute atomic E-state index is 10.5. The molecule has 0 aromatic rings. The number of carbonyl (C=O) groups is 2. The predicted molar refractivity (Wildman–Crippen MR) is 77.0 cm³/mol. The van der Waals surface area contributed by atoms with E-state index in [0.29, 0.717) is 0 Å². The zero-order valence-electron chi connectivity index (χ0n) is 8.29. The molecule has 2 N–H and O–H groups in total. The molecular weight excluding hydrogens is 324 g/mol. The third-order valence-electron chi connectivity index (χ3n) is 1.46. The molecule has 1 aliphatic heterocycles. The van der Waals surface area contributed by atoms with Crippen molar-refractivity contribution in [2.45, 2.75) is 9.41 Å². The molecule has 2 atom stereocenters. The van der Waals surface area contributed by atoms with Crippen LogP contribution < -0.4 is 0 Å². The molecule has 17 heavy (non-hydrogen) atoms. The molecule has 1 heterocycles. The Morgan fingerprint density at radius 3 is 1.71 bits per heavy atom. The van der Waals surface area contributed by atoms with E-state index in [4.69, 9.17) is 10.2 Å². The first-order chi connectivity index (χ1) is 7.91. The summed E-state index contributed by atoms with van der Waals surface area (Å²) in [5.74, 6) is -2.09. The normalized spacial score (nSPS) is 26.2. The fourth-order valence-electron chi connectivity index (χ4n) is 0.892. The summed E-state index contributed by atoms with van der Waals surface area (Å²) in [7, 11) is 0. The third kappa shape index (κ3) is 5.01. The number of rotatable bonds is 6. The molecule has 0 spiro atoms. The van der Waals surface area contributed by atoms with Crippen LogP contribution in [-0.4, -0.2) is 51.9 Å². The van der Waals surface area contributed by atoms with E-state index in [1.165, 1.54) is 11.8 Å². The average molecular weight is 334 g/mol. The fraction of sp³-hybridized carbons (Fsp3) is 0.667. The minimum absolute atomic E-state index is 0.109. The molecule has 1 saturated heterocycles.